The van der Waals surface area contributed by atoms with Crippen LogP contribution >= 0.6 is 11.8 Å². The Labute approximate surface area is 223 Å². The number of rotatable bonds is 4. The molecule has 5 rings (SSSR count). The van der Waals surface area contributed by atoms with E-state index in [9.17, 15) is 16.8 Å². The van der Waals surface area contributed by atoms with E-state index in [0.29, 0.717) is 0 Å². The molecule has 0 spiro atoms. The molecule has 11 heteroatoms. The van der Waals surface area contributed by atoms with Gasteiger partial charge in [-0.3, -0.25) is 0 Å². The fraction of sp³-hybridized carbons (Fsp3) is 0.385. The number of allylic oxidation sites excluding steroid dienone is 1. The van der Waals surface area contributed by atoms with E-state index in [4.69, 9.17) is 11.5 Å². The third-order valence-corrected chi connectivity index (χ3v) is 9.84. The van der Waals surface area contributed by atoms with Crippen molar-refractivity contribution < 1.29 is 16.8 Å². The zero-order valence-corrected chi connectivity index (χ0v) is 23.3. The van der Waals surface area contributed by atoms with Gasteiger partial charge in [0.1, 0.15) is 11.7 Å². The molecular weight excluding hydrogens is 529 g/mol. The molecule has 3 aliphatic rings. The number of hydrogen-bond acceptors (Lipinski definition) is 7. The highest BCUT2D eigenvalue weighted by Crippen LogP contribution is 2.31. The highest BCUT2D eigenvalue weighted by atomic mass is 32.2. The Balaban J connectivity index is 0.000000176. The van der Waals surface area contributed by atoms with Crippen molar-refractivity contribution in [3.05, 3.63) is 69.8 Å². The molecule has 0 bridgehead atoms. The third-order valence-electron chi connectivity index (χ3n) is 6.28. The van der Waals surface area contributed by atoms with Crippen molar-refractivity contribution in [2.45, 2.75) is 61.8 Å². The molecule has 0 radical (unpaired) electrons. The molecule has 2 heterocycles. The van der Waals surface area contributed by atoms with Crippen LogP contribution in [-0.4, -0.2) is 34.3 Å². The lowest BCUT2D eigenvalue weighted by Crippen LogP contribution is -2.24. The van der Waals surface area contributed by atoms with E-state index in [1.807, 2.05) is 30.3 Å². The summed E-state index contributed by atoms with van der Waals surface area (Å²) in [6, 6.07) is 11.3. The van der Waals surface area contributed by atoms with Crippen LogP contribution in [0.25, 0.3) is 6.08 Å². The van der Waals surface area contributed by atoms with Gasteiger partial charge in [0.25, 0.3) is 20.0 Å². The molecule has 4 N–H and O–H groups in total. The largest absolute Gasteiger partial charge is 0.383 e. The van der Waals surface area contributed by atoms with Crippen molar-refractivity contribution in [1.82, 2.24) is 0 Å². The quantitative estimate of drug-likeness (QED) is 0.530. The van der Waals surface area contributed by atoms with Crippen LogP contribution in [0, 0.1) is 0 Å². The highest BCUT2D eigenvalue weighted by Gasteiger charge is 2.25. The van der Waals surface area contributed by atoms with Gasteiger partial charge in [-0.1, -0.05) is 55.3 Å². The minimum atomic E-state index is -3.45. The first-order chi connectivity index (χ1) is 17.6. The van der Waals surface area contributed by atoms with Gasteiger partial charge in [-0.05, 0) is 60.6 Å². The molecule has 0 saturated heterocycles. The minimum absolute atomic E-state index is 0.0520. The van der Waals surface area contributed by atoms with Crippen LogP contribution in [0.1, 0.15) is 73.3 Å². The molecule has 0 atom stereocenters. The average Bonchev–Trinajstić information content (AvgIpc) is 2.82. The van der Waals surface area contributed by atoms with Crippen LogP contribution in [0.3, 0.4) is 0 Å². The van der Waals surface area contributed by atoms with Gasteiger partial charge in [0.15, 0.2) is 0 Å². The second-order valence-corrected chi connectivity index (χ2v) is 13.7. The van der Waals surface area contributed by atoms with E-state index in [1.165, 1.54) is 24.8 Å². The molecule has 1 fully saturated rings. The lowest BCUT2D eigenvalue weighted by atomic mass is 9.91. The van der Waals surface area contributed by atoms with Crippen LogP contribution in [0.4, 0.5) is 0 Å². The summed E-state index contributed by atoms with van der Waals surface area (Å²) in [5.74, 6) is 1.11. The van der Waals surface area contributed by atoms with E-state index in [1.54, 1.807) is 17.8 Å². The standard InChI is InChI=1S/C15H18N2O2S.C11H14N2O2S2/c16-15-14-12(9-11-5-2-1-3-6-11)7-4-8-13(14)10-20(18,19)17-15;1-2-6-16-9-5-3-4-8-7-17(14,15)13-11(12)10(8)9/h4,7-9H,1-3,5-6,10H2,(H2,16,17);3-5H,2,6-7H2,1H3,(H2,12,13). The summed E-state index contributed by atoms with van der Waals surface area (Å²) >= 11 is 1.68. The number of sulfonamides is 2. The van der Waals surface area contributed by atoms with E-state index in [2.05, 4.69) is 21.8 Å². The predicted octanol–water partition coefficient (Wildman–Crippen LogP) is 4.32. The average molecular weight is 561 g/mol. The van der Waals surface area contributed by atoms with Crippen LogP contribution in [-0.2, 0) is 31.6 Å². The minimum Gasteiger partial charge on any atom is -0.383 e. The molecule has 8 nitrogen and oxygen atoms in total. The number of hydrogen-bond donors (Lipinski definition) is 2. The first kappa shape index (κ1) is 27.4. The van der Waals surface area contributed by atoms with Gasteiger partial charge in [-0.15, -0.1) is 20.6 Å². The van der Waals surface area contributed by atoms with Gasteiger partial charge in [0.2, 0.25) is 0 Å². The van der Waals surface area contributed by atoms with Crippen molar-refractivity contribution >= 4 is 49.6 Å². The van der Waals surface area contributed by atoms with Gasteiger partial charge in [0.05, 0.1) is 11.5 Å². The Morgan fingerprint density at radius 1 is 0.838 bits per heavy atom. The highest BCUT2D eigenvalue weighted by molar-refractivity contribution is 7.99. The van der Waals surface area contributed by atoms with Gasteiger partial charge in [0, 0.05) is 16.0 Å². The number of nitrogens with zero attached hydrogens (tertiary/aromatic N) is 2. The van der Waals surface area contributed by atoms with Crippen LogP contribution in [0.2, 0.25) is 0 Å². The fourth-order valence-electron chi connectivity index (χ4n) is 4.71. The normalized spacial score (nSPS) is 19.3. The van der Waals surface area contributed by atoms with Crippen molar-refractivity contribution in [3.8, 4) is 0 Å². The Morgan fingerprint density at radius 3 is 2.03 bits per heavy atom. The topological polar surface area (TPSA) is 145 Å². The van der Waals surface area contributed by atoms with Crippen molar-refractivity contribution in [2.75, 3.05) is 5.75 Å². The van der Waals surface area contributed by atoms with Gasteiger partial charge in [-0.2, -0.15) is 0 Å². The van der Waals surface area contributed by atoms with E-state index < -0.39 is 20.0 Å². The second kappa shape index (κ2) is 11.4. The SMILES string of the molecule is CCCSc1cccc2c1C(N)=NS(=O)(=O)C2.NC1=NS(=O)(=O)Cc2cccc(C=C3CCCCC3)c21. The van der Waals surface area contributed by atoms with Crippen molar-refractivity contribution in [1.29, 1.82) is 0 Å². The Hall–Kier alpha value is -2.63. The molecule has 0 unspecified atom stereocenters. The summed E-state index contributed by atoms with van der Waals surface area (Å²) in [6.45, 7) is 2.10. The molecule has 0 amide bonds. The summed E-state index contributed by atoms with van der Waals surface area (Å²) in [5, 5.41) is 0. The lowest BCUT2D eigenvalue weighted by Gasteiger charge is -2.18. The molecule has 2 aromatic carbocycles. The van der Waals surface area contributed by atoms with Crippen LogP contribution in [0.5, 0.6) is 0 Å². The van der Waals surface area contributed by atoms with Crippen LogP contribution in [0.15, 0.2) is 55.7 Å². The summed E-state index contributed by atoms with van der Waals surface area (Å²) < 4.78 is 53.5. The molecule has 1 aliphatic carbocycles. The first-order valence-electron chi connectivity index (χ1n) is 12.3. The monoisotopic (exact) mass is 560 g/mol. The molecule has 1 saturated carbocycles. The molecule has 37 heavy (non-hydrogen) atoms. The number of fused-ring (bicyclic) bond motifs is 2. The van der Waals surface area contributed by atoms with Crippen molar-refractivity contribution in [2.24, 2.45) is 20.3 Å². The molecule has 2 aromatic rings. The number of benzene rings is 2. The number of nitrogens with two attached hydrogens (primary N) is 2. The molecule has 0 aromatic heterocycles. The first-order valence-corrected chi connectivity index (χ1v) is 16.5. The second-order valence-electron chi connectivity index (χ2n) is 9.29. The summed E-state index contributed by atoms with van der Waals surface area (Å²) in [6.07, 6.45) is 9.24. The maximum atomic E-state index is 11.6. The van der Waals surface area contributed by atoms with E-state index in [-0.39, 0.29) is 23.2 Å². The third kappa shape index (κ3) is 6.82. The van der Waals surface area contributed by atoms with E-state index >= 15 is 0 Å². The van der Waals surface area contributed by atoms with Crippen LogP contribution < -0.4 is 11.5 Å². The number of thioether (sulfide) groups is 1. The Kier molecular flexibility index (Phi) is 8.45. The zero-order valence-electron chi connectivity index (χ0n) is 20.8. The van der Waals surface area contributed by atoms with Gasteiger partial charge < -0.3 is 11.5 Å². The summed E-state index contributed by atoms with van der Waals surface area (Å²) in [5.41, 5.74) is 17.1. The maximum Gasteiger partial charge on any atom is 0.259 e. The van der Waals surface area contributed by atoms with Gasteiger partial charge >= 0.3 is 0 Å². The maximum absolute atomic E-state index is 11.6. The van der Waals surface area contributed by atoms with E-state index in [0.717, 1.165) is 57.7 Å². The Bertz CT molecular complexity index is 1490. The Morgan fingerprint density at radius 2 is 1.41 bits per heavy atom. The molecule has 2 aliphatic heterocycles. The summed E-state index contributed by atoms with van der Waals surface area (Å²) in [4.78, 5) is 1.01. The fourth-order valence-corrected chi connectivity index (χ4v) is 7.87. The molecule has 198 valence electrons. The zero-order chi connectivity index (χ0) is 26.6. The van der Waals surface area contributed by atoms with Crippen molar-refractivity contribution in [3.63, 3.8) is 0 Å². The number of amidine groups is 2. The van der Waals surface area contributed by atoms with Gasteiger partial charge in [-0.25, -0.2) is 16.8 Å². The molecular formula is C26H32N4O4S3. The lowest BCUT2D eigenvalue weighted by molar-refractivity contribution is 0.594. The predicted molar refractivity (Wildman–Crippen MR) is 152 cm³/mol. The summed E-state index contributed by atoms with van der Waals surface area (Å²) in [7, 11) is -6.88. The smallest absolute Gasteiger partial charge is 0.259 e.